The monoisotopic (exact) mass is 348 g/mol. The van der Waals surface area contributed by atoms with Gasteiger partial charge in [-0.25, -0.2) is 0 Å². The number of hydrogen-bond acceptors (Lipinski definition) is 2. The highest BCUT2D eigenvalue weighted by atomic mass is 31.2. The van der Waals surface area contributed by atoms with Crippen LogP contribution in [0.25, 0.3) is 0 Å². The highest BCUT2D eigenvalue weighted by molar-refractivity contribution is 7.96. The molecule has 0 bridgehead atoms. The Hall–Kier alpha value is -2.41. The fourth-order valence-corrected chi connectivity index (χ4v) is 7.47. The molecule has 0 aliphatic rings. The van der Waals surface area contributed by atoms with Gasteiger partial charge in [0.05, 0.1) is 0 Å². The van der Waals surface area contributed by atoms with Crippen LogP contribution >= 0.6 is 6.89 Å². The molecule has 2 nitrogen and oxygen atoms in total. The van der Waals surface area contributed by atoms with Crippen LogP contribution in [0.5, 0.6) is 0 Å². The Morgan fingerprint density at radius 1 is 0.680 bits per heavy atom. The predicted octanol–water partition coefficient (Wildman–Crippen LogP) is 3.35. The van der Waals surface area contributed by atoms with Crippen molar-refractivity contribution in [2.45, 2.75) is 6.92 Å². The summed E-state index contributed by atoms with van der Waals surface area (Å²) in [6, 6.07) is 30.6. The second-order valence-corrected chi connectivity index (χ2v) is 9.04. The smallest absolute Gasteiger partial charge is 0.183 e. The number of benzene rings is 3. The number of methoxy groups -OCH3 is 1. The molecule has 0 aliphatic carbocycles. The molecule has 0 radical (unpaired) electrons. The lowest BCUT2D eigenvalue weighted by atomic mass is 10.4. The number of rotatable bonds is 5. The Balaban J connectivity index is 2.57. The van der Waals surface area contributed by atoms with Crippen LogP contribution in [0.1, 0.15) is 6.92 Å². The lowest BCUT2D eigenvalue weighted by Gasteiger charge is -2.30. The van der Waals surface area contributed by atoms with Crippen molar-refractivity contribution in [2.24, 2.45) is 0 Å². The quantitative estimate of drug-likeness (QED) is 0.661. The number of hydrogen-bond donors (Lipinski definition) is 0. The molecule has 3 aromatic rings. The third kappa shape index (κ3) is 3.11. The number of carbonyl (C=O) groups excluding carboxylic acids is 1. The van der Waals surface area contributed by atoms with Gasteiger partial charge in [-0.2, -0.15) is 0 Å². The summed E-state index contributed by atoms with van der Waals surface area (Å²) in [7, 11) is 1.60. The van der Waals surface area contributed by atoms with Crippen LogP contribution in [0.4, 0.5) is 0 Å². The average molecular weight is 348 g/mol. The van der Waals surface area contributed by atoms with Crippen LogP contribution in [0.2, 0.25) is 0 Å². The molecule has 0 amide bonds. The standard InChI is InChI=1S/C22H21O2P/c1-18(23)22(24-2)25(19-12-6-3-7-13-19,20-14-8-4-9-15-20)21-16-10-5-11-17-21/h3-17H,1-2H3. The largest absolute Gasteiger partial charge is 0.345 e. The van der Waals surface area contributed by atoms with Crippen LogP contribution in [0.15, 0.2) is 91.0 Å². The molecule has 0 fully saturated rings. The van der Waals surface area contributed by atoms with Crippen molar-refractivity contribution in [2.75, 3.05) is 7.11 Å². The molecule has 0 heterocycles. The van der Waals surface area contributed by atoms with Crippen LogP contribution in [-0.2, 0) is 9.53 Å². The Labute approximate surface area is 149 Å². The molecule has 0 atom stereocenters. The minimum absolute atomic E-state index is 0.0348. The topological polar surface area (TPSA) is 26.3 Å². The summed E-state index contributed by atoms with van der Waals surface area (Å²) in [4.78, 5) is 12.6. The van der Waals surface area contributed by atoms with Crippen molar-refractivity contribution < 1.29 is 9.53 Å². The van der Waals surface area contributed by atoms with Crippen molar-refractivity contribution in [1.82, 2.24) is 0 Å². The number of ether oxygens (including phenoxy) is 1. The maximum absolute atomic E-state index is 12.6. The van der Waals surface area contributed by atoms with Gasteiger partial charge in [-0.1, -0.05) is 91.0 Å². The zero-order valence-electron chi connectivity index (χ0n) is 14.4. The van der Waals surface area contributed by atoms with Crippen molar-refractivity contribution in [3.8, 4) is 0 Å². The maximum atomic E-state index is 12.6. The van der Waals surface area contributed by atoms with E-state index in [1.165, 1.54) is 0 Å². The zero-order chi connectivity index (χ0) is 17.7. The van der Waals surface area contributed by atoms with E-state index in [2.05, 4.69) is 36.4 Å². The first-order valence-corrected chi connectivity index (χ1v) is 9.98. The Morgan fingerprint density at radius 2 is 1.00 bits per heavy atom. The second-order valence-electron chi connectivity index (χ2n) is 5.74. The van der Waals surface area contributed by atoms with Gasteiger partial charge in [-0.3, -0.25) is 4.79 Å². The van der Waals surface area contributed by atoms with Gasteiger partial charge in [0.1, 0.15) is 5.48 Å². The summed E-state index contributed by atoms with van der Waals surface area (Å²) in [6.07, 6.45) is 0. The van der Waals surface area contributed by atoms with E-state index in [-0.39, 0.29) is 5.78 Å². The molecular weight excluding hydrogens is 327 g/mol. The first kappa shape index (κ1) is 17.4. The summed E-state index contributed by atoms with van der Waals surface area (Å²) < 4.78 is 5.76. The number of carbonyl (C=O) groups is 1. The molecule has 0 aliphatic heterocycles. The fraction of sp³-hybridized carbons (Fsp3) is 0.0909. The molecule has 25 heavy (non-hydrogen) atoms. The Kier molecular flexibility index (Phi) is 5.33. The summed E-state index contributed by atoms with van der Waals surface area (Å²) in [5, 5.41) is 3.33. The van der Waals surface area contributed by atoms with E-state index >= 15 is 0 Å². The van der Waals surface area contributed by atoms with E-state index in [9.17, 15) is 4.79 Å². The summed E-state index contributed by atoms with van der Waals surface area (Å²) in [5.41, 5.74) is 0.524. The lowest BCUT2D eigenvalue weighted by Crippen LogP contribution is -2.33. The molecule has 0 saturated carbocycles. The highest BCUT2D eigenvalue weighted by Gasteiger charge is 2.32. The predicted molar refractivity (Wildman–Crippen MR) is 108 cm³/mol. The molecule has 3 rings (SSSR count). The molecule has 0 N–H and O–H groups in total. The second kappa shape index (κ2) is 7.65. The first-order valence-electron chi connectivity index (χ1n) is 8.19. The van der Waals surface area contributed by atoms with Gasteiger partial charge < -0.3 is 4.74 Å². The van der Waals surface area contributed by atoms with E-state index in [1.54, 1.807) is 14.0 Å². The van der Waals surface area contributed by atoms with Gasteiger partial charge in [-0.05, 0) is 15.9 Å². The van der Waals surface area contributed by atoms with Gasteiger partial charge in [0, 0.05) is 20.9 Å². The third-order valence-electron chi connectivity index (χ3n) is 4.23. The van der Waals surface area contributed by atoms with Crippen LogP contribution in [0, 0.1) is 0 Å². The summed E-state index contributed by atoms with van der Waals surface area (Å²) in [6.45, 7) is -0.789. The van der Waals surface area contributed by atoms with Crippen molar-refractivity contribution in [1.29, 1.82) is 0 Å². The molecule has 3 heteroatoms. The molecular formula is C22H21O2P. The minimum atomic E-state index is -2.37. The minimum Gasteiger partial charge on any atom is -0.345 e. The van der Waals surface area contributed by atoms with E-state index in [0.717, 1.165) is 15.9 Å². The van der Waals surface area contributed by atoms with Gasteiger partial charge in [0.25, 0.3) is 0 Å². The van der Waals surface area contributed by atoms with Crippen molar-refractivity contribution in [3.05, 3.63) is 91.0 Å². The number of Topliss-reactive ketones (excluding diaryl/α,β-unsaturated/α-hetero) is 1. The Morgan fingerprint density at radius 3 is 1.24 bits per heavy atom. The zero-order valence-corrected chi connectivity index (χ0v) is 15.3. The molecule has 0 aromatic heterocycles. The van der Waals surface area contributed by atoms with E-state index < -0.39 is 6.89 Å². The normalized spacial score (nSPS) is 11.1. The fourth-order valence-electron chi connectivity index (χ4n) is 3.27. The highest BCUT2D eigenvalue weighted by Crippen LogP contribution is 2.46. The summed E-state index contributed by atoms with van der Waals surface area (Å²) in [5.74, 6) is -0.0348. The molecule has 3 aromatic carbocycles. The molecule has 0 unspecified atom stereocenters. The van der Waals surface area contributed by atoms with Crippen LogP contribution in [0.3, 0.4) is 0 Å². The first-order chi connectivity index (χ1) is 12.2. The van der Waals surface area contributed by atoms with E-state index in [0.29, 0.717) is 5.48 Å². The average Bonchev–Trinajstić information content (AvgIpc) is 2.68. The van der Waals surface area contributed by atoms with Crippen molar-refractivity contribution in [3.63, 3.8) is 0 Å². The SMILES string of the molecule is COC(C(C)=O)=P(c1ccccc1)(c1ccccc1)c1ccccc1. The van der Waals surface area contributed by atoms with Crippen molar-refractivity contribution >= 4 is 34.1 Å². The van der Waals surface area contributed by atoms with E-state index in [1.807, 2.05) is 54.6 Å². The van der Waals surface area contributed by atoms with Gasteiger partial charge in [-0.15, -0.1) is 0 Å². The Bertz CT molecular complexity index is 797. The molecule has 0 saturated heterocycles. The number of ketones is 1. The van der Waals surface area contributed by atoms with E-state index in [4.69, 9.17) is 4.74 Å². The van der Waals surface area contributed by atoms with Gasteiger partial charge in [0.15, 0.2) is 5.78 Å². The molecule has 126 valence electrons. The maximum Gasteiger partial charge on any atom is 0.183 e. The third-order valence-corrected chi connectivity index (χ3v) is 8.55. The molecule has 0 spiro atoms. The van der Waals surface area contributed by atoms with Gasteiger partial charge in [0.2, 0.25) is 0 Å². The summed E-state index contributed by atoms with van der Waals surface area (Å²) >= 11 is 0. The lowest BCUT2D eigenvalue weighted by molar-refractivity contribution is -0.112. The van der Waals surface area contributed by atoms with Crippen LogP contribution < -0.4 is 15.9 Å². The van der Waals surface area contributed by atoms with Gasteiger partial charge >= 0.3 is 0 Å². The van der Waals surface area contributed by atoms with Crippen LogP contribution in [-0.4, -0.2) is 18.4 Å².